The van der Waals surface area contributed by atoms with Gasteiger partial charge in [0.05, 0.1) is 30.1 Å². The van der Waals surface area contributed by atoms with Crippen LogP contribution in [0.5, 0.6) is 5.75 Å². The largest absolute Gasteiger partial charge is 0.494 e. The topological polar surface area (TPSA) is 39.1 Å². The summed E-state index contributed by atoms with van der Waals surface area (Å²) in [6, 6.07) is 6.59. The average molecular weight is 308 g/mol. The number of halogens is 1. The second kappa shape index (κ2) is 6.96. The molecule has 0 amide bonds. The third kappa shape index (κ3) is 3.57. The Hall–Kier alpha value is -1.52. The highest BCUT2D eigenvalue weighted by atomic mass is 35.5. The van der Waals surface area contributed by atoms with E-state index in [1.807, 2.05) is 31.6 Å². The number of nitrogens with zero attached hydrogens (tertiary/aromatic N) is 2. The van der Waals surface area contributed by atoms with Gasteiger partial charge in [-0.05, 0) is 45.5 Å². The molecule has 2 aromatic rings. The predicted molar refractivity (Wildman–Crippen MR) is 86.2 cm³/mol. The Balaban J connectivity index is 2.36. The highest BCUT2D eigenvalue weighted by Gasteiger charge is 2.12. The highest BCUT2D eigenvalue weighted by molar-refractivity contribution is 6.31. The van der Waals surface area contributed by atoms with Crippen LogP contribution in [0.4, 0.5) is 0 Å². The van der Waals surface area contributed by atoms with Gasteiger partial charge < -0.3 is 10.1 Å². The predicted octanol–water partition coefficient (Wildman–Crippen LogP) is 3.57. The summed E-state index contributed by atoms with van der Waals surface area (Å²) < 4.78 is 7.63. The molecule has 114 valence electrons. The molecule has 0 saturated heterocycles. The van der Waals surface area contributed by atoms with E-state index in [0.29, 0.717) is 24.2 Å². The van der Waals surface area contributed by atoms with Crippen LogP contribution in [0.15, 0.2) is 24.4 Å². The van der Waals surface area contributed by atoms with Crippen molar-refractivity contribution in [2.75, 3.05) is 13.7 Å². The van der Waals surface area contributed by atoms with Crippen LogP contribution in [-0.4, -0.2) is 23.4 Å². The molecule has 0 aliphatic rings. The molecule has 0 spiro atoms. The van der Waals surface area contributed by atoms with Crippen molar-refractivity contribution in [3.8, 4) is 5.75 Å². The van der Waals surface area contributed by atoms with Crippen LogP contribution in [0.2, 0.25) is 5.02 Å². The fraction of sp³-hybridized carbons (Fsp3) is 0.438. The van der Waals surface area contributed by atoms with Crippen molar-refractivity contribution in [1.82, 2.24) is 15.1 Å². The Labute approximate surface area is 131 Å². The molecular formula is C16H22ClN3O. The van der Waals surface area contributed by atoms with Gasteiger partial charge in [0.25, 0.3) is 0 Å². The van der Waals surface area contributed by atoms with E-state index < -0.39 is 0 Å². The lowest BCUT2D eigenvalue weighted by atomic mass is 10.0. The first-order chi connectivity index (χ1) is 10.1. The number of benzene rings is 1. The van der Waals surface area contributed by atoms with Crippen molar-refractivity contribution in [2.45, 2.75) is 33.4 Å². The maximum atomic E-state index is 6.08. The molecule has 0 aliphatic heterocycles. The molecule has 1 aromatic carbocycles. The first-order valence-electron chi connectivity index (χ1n) is 7.17. The fourth-order valence-corrected chi connectivity index (χ4v) is 2.34. The van der Waals surface area contributed by atoms with Gasteiger partial charge >= 0.3 is 0 Å². The molecule has 0 saturated carbocycles. The van der Waals surface area contributed by atoms with Crippen LogP contribution in [0, 0.1) is 6.92 Å². The van der Waals surface area contributed by atoms with Crippen LogP contribution in [0.3, 0.4) is 0 Å². The molecule has 1 atom stereocenters. The van der Waals surface area contributed by atoms with Gasteiger partial charge in [0.1, 0.15) is 5.75 Å². The third-order valence-corrected chi connectivity index (χ3v) is 4.05. The van der Waals surface area contributed by atoms with Crippen molar-refractivity contribution in [2.24, 2.45) is 0 Å². The number of aromatic nitrogens is 2. The minimum atomic E-state index is 0.293. The zero-order chi connectivity index (χ0) is 15.4. The van der Waals surface area contributed by atoms with E-state index in [4.69, 9.17) is 16.3 Å². The summed E-state index contributed by atoms with van der Waals surface area (Å²) in [4.78, 5) is 0. The summed E-state index contributed by atoms with van der Waals surface area (Å²) in [5.41, 5.74) is 3.30. The Kier molecular flexibility index (Phi) is 5.26. The number of hydrogen-bond donors (Lipinski definition) is 1. The van der Waals surface area contributed by atoms with Gasteiger partial charge in [-0.1, -0.05) is 17.7 Å². The molecule has 4 nitrogen and oxygen atoms in total. The fourth-order valence-electron chi connectivity index (χ4n) is 2.20. The number of nitrogens with one attached hydrogen (secondary N) is 1. The maximum Gasteiger partial charge on any atom is 0.124 e. The standard InChI is InChI=1S/C16H22ClN3O/c1-5-21-16-7-6-13(11(2)18-4)8-14(16)10-20-12(3)15(17)9-19-20/h6-9,11,18H,5,10H2,1-4H3. The van der Waals surface area contributed by atoms with Gasteiger partial charge in [0.15, 0.2) is 0 Å². The van der Waals surface area contributed by atoms with Crippen molar-refractivity contribution in [3.63, 3.8) is 0 Å². The lowest BCUT2D eigenvalue weighted by Crippen LogP contribution is -2.13. The molecule has 1 unspecified atom stereocenters. The number of rotatable bonds is 6. The lowest BCUT2D eigenvalue weighted by molar-refractivity contribution is 0.335. The zero-order valence-electron chi connectivity index (χ0n) is 13.0. The van der Waals surface area contributed by atoms with E-state index in [1.165, 1.54) is 5.56 Å². The van der Waals surface area contributed by atoms with Gasteiger partial charge in [0, 0.05) is 11.6 Å². The van der Waals surface area contributed by atoms with Crippen LogP contribution < -0.4 is 10.1 Å². The smallest absolute Gasteiger partial charge is 0.124 e. The quantitative estimate of drug-likeness (QED) is 0.886. The van der Waals surface area contributed by atoms with Crippen molar-refractivity contribution >= 4 is 11.6 Å². The summed E-state index contributed by atoms with van der Waals surface area (Å²) in [6.45, 7) is 7.39. The Morgan fingerprint density at radius 2 is 2.19 bits per heavy atom. The molecule has 1 aromatic heterocycles. The average Bonchev–Trinajstić information content (AvgIpc) is 2.80. The minimum Gasteiger partial charge on any atom is -0.494 e. The van der Waals surface area contributed by atoms with Gasteiger partial charge in [-0.15, -0.1) is 0 Å². The summed E-state index contributed by atoms with van der Waals surface area (Å²) in [5.74, 6) is 0.899. The molecule has 0 radical (unpaired) electrons. The van der Waals surface area contributed by atoms with E-state index >= 15 is 0 Å². The van der Waals surface area contributed by atoms with E-state index in [2.05, 4.69) is 29.5 Å². The highest BCUT2D eigenvalue weighted by Crippen LogP contribution is 2.25. The molecule has 0 aliphatic carbocycles. The second-order valence-electron chi connectivity index (χ2n) is 5.05. The molecule has 1 heterocycles. The van der Waals surface area contributed by atoms with Crippen LogP contribution >= 0.6 is 11.6 Å². The lowest BCUT2D eigenvalue weighted by Gasteiger charge is -2.16. The van der Waals surface area contributed by atoms with Gasteiger partial charge in [-0.25, -0.2) is 0 Å². The van der Waals surface area contributed by atoms with Crippen molar-refractivity contribution in [3.05, 3.63) is 46.2 Å². The van der Waals surface area contributed by atoms with Crippen molar-refractivity contribution in [1.29, 1.82) is 0 Å². The molecule has 5 heteroatoms. The summed E-state index contributed by atoms with van der Waals surface area (Å²) in [7, 11) is 1.96. The van der Waals surface area contributed by atoms with E-state index in [9.17, 15) is 0 Å². The SMILES string of the molecule is CCOc1ccc(C(C)NC)cc1Cn1ncc(Cl)c1C. The van der Waals surface area contributed by atoms with Crippen LogP contribution in [0.1, 0.15) is 36.7 Å². The first kappa shape index (κ1) is 15.9. The molecule has 1 N–H and O–H groups in total. The summed E-state index contributed by atoms with van der Waals surface area (Å²) in [5, 5.41) is 8.26. The van der Waals surface area contributed by atoms with Gasteiger partial charge in [0.2, 0.25) is 0 Å². The number of ether oxygens (including phenoxy) is 1. The van der Waals surface area contributed by atoms with Crippen LogP contribution in [0.25, 0.3) is 0 Å². The molecule has 2 rings (SSSR count). The monoisotopic (exact) mass is 307 g/mol. The Bertz CT molecular complexity index is 610. The van der Waals surface area contributed by atoms with E-state index in [0.717, 1.165) is 17.0 Å². The Morgan fingerprint density at radius 1 is 1.43 bits per heavy atom. The van der Waals surface area contributed by atoms with E-state index in [-0.39, 0.29) is 0 Å². The number of hydrogen-bond acceptors (Lipinski definition) is 3. The van der Waals surface area contributed by atoms with Gasteiger partial charge in [-0.3, -0.25) is 4.68 Å². The zero-order valence-corrected chi connectivity index (χ0v) is 13.7. The molecule has 0 bridgehead atoms. The third-order valence-electron chi connectivity index (χ3n) is 3.68. The van der Waals surface area contributed by atoms with Gasteiger partial charge in [-0.2, -0.15) is 5.10 Å². The maximum absolute atomic E-state index is 6.08. The molecular weight excluding hydrogens is 286 g/mol. The first-order valence-corrected chi connectivity index (χ1v) is 7.55. The minimum absolute atomic E-state index is 0.293. The summed E-state index contributed by atoms with van der Waals surface area (Å²) >= 11 is 6.08. The second-order valence-corrected chi connectivity index (χ2v) is 5.45. The van der Waals surface area contributed by atoms with Crippen LogP contribution in [-0.2, 0) is 6.54 Å². The van der Waals surface area contributed by atoms with E-state index in [1.54, 1.807) is 6.20 Å². The summed E-state index contributed by atoms with van der Waals surface area (Å²) in [6.07, 6.45) is 1.68. The Morgan fingerprint density at radius 3 is 2.76 bits per heavy atom. The molecule has 21 heavy (non-hydrogen) atoms. The normalized spacial score (nSPS) is 12.4. The molecule has 0 fully saturated rings. The van der Waals surface area contributed by atoms with Crippen molar-refractivity contribution < 1.29 is 4.74 Å².